The summed E-state index contributed by atoms with van der Waals surface area (Å²) in [5.74, 6) is 1.51. The molecule has 0 aromatic heterocycles. The van der Waals surface area contributed by atoms with Crippen molar-refractivity contribution in [3.63, 3.8) is 0 Å². The Hall–Kier alpha value is -2.69. The van der Waals surface area contributed by atoms with Crippen LogP contribution >= 0.6 is 0 Å². The van der Waals surface area contributed by atoms with Gasteiger partial charge < -0.3 is 38.5 Å². The maximum Gasteiger partial charge on any atom is 0.221 e. The summed E-state index contributed by atoms with van der Waals surface area (Å²) in [4.78, 5) is 11.0. The Morgan fingerprint density at radius 2 is 0.930 bits per heavy atom. The van der Waals surface area contributed by atoms with Gasteiger partial charge in [-0.3, -0.25) is 4.79 Å². The Morgan fingerprint density at radius 3 is 1.37 bits per heavy atom. The lowest BCUT2D eigenvalue weighted by Gasteiger charge is -2.09. The topological polar surface area (TPSA) is 93.7 Å². The van der Waals surface area contributed by atoms with Crippen molar-refractivity contribution in [2.75, 3.05) is 84.6 Å². The molecule has 9 heteroatoms. The summed E-state index contributed by atoms with van der Waals surface area (Å²) in [7, 11) is 0. The van der Waals surface area contributed by atoms with Crippen LogP contribution in [0.3, 0.4) is 0 Å². The zero-order valence-corrected chi connectivity index (χ0v) is 26.3. The van der Waals surface area contributed by atoms with Gasteiger partial charge in [-0.15, -0.1) is 0 Å². The highest BCUT2D eigenvalue weighted by molar-refractivity contribution is 5.88. The van der Waals surface area contributed by atoms with Crippen LogP contribution in [-0.2, 0) is 34.9 Å². The Balaban J connectivity index is 1.27. The second-order valence-corrected chi connectivity index (χ2v) is 10.1. The average Bonchev–Trinajstić information content (AvgIpc) is 3.01. The van der Waals surface area contributed by atoms with Crippen LogP contribution in [0.25, 0.3) is 0 Å². The van der Waals surface area contributed by atoms with Crippen molar-refractivity contribution in [2.24, 2.45) is 0 Å². The predicted molar refractivity (Wildman–Crippen MR) is 169 cm³/mol. The molecule has 2 aromatic rings. The Labute approximate surface area is 258 Å². The number of rotatable bonds is 28. The van der Waals surface area contributed by atoms with Gasteiger partial charge in [-0.25, -0.2) is 0 Å². The highest BCUT2D eigenvalue weighted by Crippen LogP contribution is 2.16. The molecule has 0 unspecified atom stereocenters. The minimum Gasteiger partial charge on any atom is -0.491 e. The maximum atomic E-state index is 11.0. The van der Waals surface area contributed by atoms with Crippen LogP contribution in [0, 0.1) is 0 Å². The van der Waals surface area contributed by atoms with Crippen LogP contribution < -0.4 is 14.8 Å². The van der Waals surface area contributed by atoms with E-state index >= 15 is 0 Å². The van der Waals surface area contributed by atoms with Crippen LogP contribution in [0.1, 0.15) is 57.9 Å². The molecule has 0 fully saturated rings. The molecule has 0 radical (unpaired) electrons. The quantitative estimate of drug-likeness (QED) is 0.117. The lowest BCUT2D eigenvalue weighted by molar-refractivity contribution is -0.114. The highest BCUT2D eigenvalue weighted by Gasteiger charge is 2.00. The van der Waals surface area contributed by atoms with Gasteiger partial charge in [0, 0.05) is 12.6 Å². The van der Waals surface area contributed by atoms with Crippen LogP contribution in [0.2, 0.25) is 0 Å². The molecule has 2 rings (SSSR count). The van der Waals surface area contributed by atoms with E-state index in [1.165, 1.54) is 51.0 Å². The van der Waals surface area contributed by atoms with Gasteiger partial charge in [0.05, 0.1) is 66.1 Å². The van der Waals surface area contributed by atoms with Crippen molar-refractivity contribution < 1.29 is 38.0 Å². The smallest absolute Gasteiger partial charge is 0.221 e. The van der Waals surface area contributed by atoms with E-state index in [0.717, 1.165) is 23.6 Å². The third kappa shape index (κ3) is 20.8. The molecular weight excluding hydrogens is 550 g/mol. The molecule has 242 valence electrons. The van der Waals surface area contributed by atoms with E-state index in [-0.39, 0.29) is 5.91 Å². The number of hydrogen-bond acceptors (Lipinski definition) is 8. The molecule has 43 heavy (non-hydrogen) atoms. The van der Waals surface area contributed by atoms with E-state index < -0.39 is 0 Å². The number of unbranched alkanes of at least 4 members (excludes halogenated alkanes) is 5. The molecular formula is C34H53NO8. The summed E-state index contributed by atoms with van der Waals surface area (Å²) in [6, 6.07) is 15.6. The summed E-state index contributed by atoms with van der Waals surface area (Å²) >= 11 is 0. The fraction of sp³-hybridized carbons (Fsp3) is 0.618. The van der Waals surface area contributed by atoms with E-state index in [2.05, 4.69) is 24.4 Å². The molecule has 0 bridgehead atoms. The summed E-state index contributed by atoms with van der Waals surface area (Å²) in [5.41, 5.74) is 2.11. The molecule has 2 aromatic carbocycles. The fourth-order valence-electron chi connectivity index (χ4n) is 4.12. The van der Waals surface area contributed by atoms with Crippen LogP contribution in [0.4, 0.5) is 5.69 Å². The molecule has 0 heterocycles. The highest BCUT2D eigenvalue weighted by atomic mass is 16.6. The van der Waals surface area contributed by atoms with Crippen molar-refractivity contribution in [2.45, 2.75) is 58.8 Å². The standard InChI is InChI=1S/C34H53NO8/c1-3-4-5-6-7-8-9-31-10-14-33(15-11-31)42-28-26-40-24-22-38-20-18-37-19-21-39-23-25-41-27-29-43-34-16-12-32(13-17-34)35-30(2)36/h10-17H,3-9,18-29H2,1-2H3,(H,35,36). The first kappa shape index (κ1) is 36.5. The molecule has 9 nitrogen and oxygen atoms in total. The minimum atomic E-state index is -0.102. The first-order chi connectivity index (χ1) is 21.2. The fourth-order valence-corrected chi connectivity index (χ4v) is 4.12. The molecule has 0 aliphatic heterocycles. The van der Waals surface area contributed by atoms with Gasteiger partial charge in [0.2, 0.25) is 5.91 Å². The van der Waals surface area contributed by atoms with Gasteiger partial charge in [-0.2, -0.15) is 0 Å². The number of carbonyl (C=O) groups excluding carboxylic acids is 1. The Kier molecular flexibility index (Phi) is 21.9. The summed E-state index contributed by atoms with van der Waals surface area (Å²) in [5, 5.41) is 2.72. The van der Waals surface area contributed by atoms with Crippen LogP contribution in [-0.4, -0.2) is 85.2 Å². The van der Waals surface area contributed by atoms with Crippen LogP contribution in [0.15, 0.2) is 48.5 Å². The number of nitrogens with one attached hydrogen (secondary N) is 1. The molecule has 1 amide bonds. The minimum absolute atomic E-state index is 0.102. The maximum absolute atomic E-state index is 11.0. The first-order valence-electron chi connectivity index (χ1n) is 15.8. The number of ether oxygens (including phenoxy) is 7. The number of aryl methyl sites for hydroxylation is 1. The second-order valence-electron chi connectivity index (χ2n) is 10.1. The van der Waals surface area contributed by atoms with E-state index in [0.29, 0.717) is 79.3 Å². The van der Waals surface area contributed by atoms with E-state index in [1.54, 1.807) is 12.1 Å². The SMILES string of the molecule is CCCCCCCCc1ccc(OCCOCCOCCOCCOCCOCCOc2ccc(NC(C)=O)cc2)cc1. The van der Waals surface area contributed by atoms with Gasteiger partial charge in [-0.05, 0) is 54.8 Å². The van der Waals surface area contributed by atoms with Gasteiger partial charge in [-0.1, -0.05) is 51.2 Å². The van der Waals surface area contributed by atoms with Crippen molar-refractivity contribution in [3.05, 3.63) is 54.1 Å². The monoisotopic (exact) mass is 603 g/mol. The summed E-state index contributed by atoms with van der Waals surface area (Å²) in [6.07, 6.45) is 9.09. The largest absolute Gasteiger partial charge is 0.491 e. The number of amides is 1. The van der Waals surface area contributed by atoms with E-state index in [1.807, 2.05) is 24.3 Å². The van der Waals surface area contributed by atoms with Crippen molar-refractivity contribution in [1.29, 1.82) is 0 Å². The lowest BCUT2D eigenvalue weighted by atomic mass is 10.0. The molecule has 0 atom stereocenters. The molecule has 0 aliphatic carbocycles. The van der Waals surface area contributed by atoms with Gasteiger partial charge >= 0.3 is 0 Å². The zero-order chi connectivity index (χ0) is 30.6. The Morgan fingerprint density at radius 1 is 0.535 bits per heavy atom. The van der Waals surface area contributed by atoms with Gasteiger partial charge in [0.15, 0.2) is 0 Å². The van der Waals surface area contributed by atoms with Crippen LogP contribution in [0.5, 0.6) is 11.5 Å². The molecule has 0 aliphatic rings. The number of benzene rings is 2. The van der Waals surface area contributed by atoms with Gasteiger partial charge in [0.1, 0.15) is 24.7 Å². The van der Waals surface area contributed by atoms with Crippen molar-refractivity contribution in [1.82, 2.24) is 0 Å². The number of carbonyl (C=O) groups is 1. The molecule has 0 saturated carbocycles. The van der Waals surface area contributed by atoms with Crippen molar-refractivity contribution in [3.8, 4) is 11.5 Å². The Bertz CT molecular complexity index is 923. The van der Waals surface area contributed by atoms with E-state index in [9.17, 15) is 4.79 Å². The van der Waals surface area contributed by atoms with Gasteiger partial charge in [0.25, 0.3) is 0 Å². The first-order valence-corrected chi connectivity index (χ1v) is 15.8. The second kappa shape index (κ2) is 25.8. The predicted octanol–water partition coefficient (Wildman–Crippen LogP) is 6.09. The third-order valence-corrected chi connectivity index (χ3v) is 6.40. The summed E-state index contributed by atoms with van der Waals surface area (Å²) in [6.45, 7) is 9.77. The molecule has 1 N–H and O–H groups in total. The molecule has 0 spiro atoms. The average molecular weight is 604 g/mol. The number of anilines is 1. The van der Waals surface area contributed by atoms with Crippen molar-refractivity contribution >= 4 is 11.6 Å². The zero-order valence-electron chi connectivity index (χ0n) is 26.3. The third-order valence-electron chi connectivity index (χ3n) is 6.40. The number of hydrogen-bond donors (Lipinski definition) is 1. The normalized spacial score (nSPS) is 11.0. The molecule has 0 saturated heterocycles. The summed E-state index contributed by atoms with van der Waals surface area (Å²) < 4.78 is 39.0. The lowest BCUT2D eigenvalue weighted by Crippen LogP contribution is -2.15. The van der Waals surface area contributed by atoms with E-state index in [4.69, 9.17) is 33.2 Å².